The maximum Gasteiger partial charge on any atom is 0.314 e. The number of hydrogen-bond acceptors (Lipinski definition) is 11. The molecule has 1 unspecified atom stereocenters. The molecule has 12 nitrogen and oxygen atoms in total. The van der Waals surface area contributed by atoms with Crippen LogP contribution in [0.2, 0.25) is 0 Å². The van der Waals surface area contributed by atoms with Gasteiger partial charge in [-0.15, -0.1) is 0 Å². The van der Waals surface area contributed by atoms with E-state index in [-0.39, 0.29) is 40.0 Å². The second-order valence-electron chi connectivity index (χ2n) is 6.26. The van der Waals surface area contributed by atoms with Gasteiger partial charge in [-0.25, -0.2) is 9.98 Å². The van der Waals surface area contributed by atoms with Crippen LogP contribution in [0.15, 0.2) is 11.1 Å². The minimum Gasteiger partial charge on any atom is -0.502 e. The lowest BCUT2D eigenvalue weighted by atomic mass is 9.91. The Morgan fingerprint density at radius 3 is 2.66 bits per heavy atom. The van der Waals surface area contributed by atoms with Gasteiger partial charge in [0.15, 0.2) is 11.9 Å². The molecule has 0 spiro atoms. The molecule has 2 aromatic rings. The van der Waals surface area contributed by atoms with Crippen LogP contribution in [0.1, 0.15) is 33.9 Å². The number of benzene rings is 1. The summed E-state index contributed by atoms with van der Waals surface area (Å²) in [6.07, 6.45) is 1.70. The van der Waals surface area contributed by atoms with Gasteiger partial charge in [-0.2, -0.15) is 10.5 Å². The molecular weight excluding hydrogens is 378 g/mol. The molecule has 0 amide bonds. The SMILES string of the molecule is Cc1cc(C2N=C(NC#N)Nc3nc(N)c(C#N)c(N)c32)c(O)c([N+](=O)[O-])c1C. The number of hydrogen-bond donors (Lipinski definition) is 5. The third-order valence-corrected chi connectivity index (χ3v) is 4.65. The van der Waals surface area contributed by atoms with Gasteiger partial charge in [0.2, 0.25) is 5.96 Å². The van der Waals surface area contributed by atoms with Gasteiger partial charge in [0, 0.05) is 16.7 Å². The standard InChI is InChI=1S/C17H15N9O3/c1-6-3-8(14(27)13(7(6)2)26(28)29)12-10-11(20)9(4-18)15(21)24-16(10)25-17(23-12)22-5-19/h3,12,27H,1-2H3,(H6,20,21,22,23,24,25). The van der Waals surface area contributed by atoms with E-state index in [4.69, 9.17) is 16.7 Å². The number of nitrogens with one attached hydrogen (secondary N) is 2. The molecule has 1 aliphatic rings. The highest BCUT2D eigenvalue weighted by Crippen LogP contribution is 2.46. The van der Waals surface area contributed by atoms with E-state index in [0.717, 1.165) is 0 Å². The number of nitrogens with two attached hydrogens (primary N) is 2. The first-order chi connectivity index (χ1) is 13.7. The molecule has 146 valence electrons. The molecule has 1 atom stereocenters. The van der Waals surface area contributed by atoms with Crippen molar-refractivity contribution in [3.63, 3.8) is 0 Å². The smallest absolute Gasteiger partial charge is 0.314 e. The summed E-state index contributed by atoms with van der Waals surface area (Å²) >= 11 is 0. The number of guanidine groups is 1. The predicted octanol–water partition coefficient (Wildman–Crippen LogP) is 1.29. The Balaban J connectivity index is 2.38. The highest BCUT2D eigenvalue weighted by atomic mass is 16.6. The topological polar surface area (TPSA) is 212 Å². The van der Waals surface area contributed by atoms with Gasteiger partial charge in [-0.1, -0.05) is 0 Å². The molecule has 3 rings (SSSR count). The third-order valence-electron chi connectivity index (χ3n) is 4.65. The van der Waals surface area contributed by atoms with Crippen LogP contribution < -0.4 is 22.1 Å². The van der Waals surface area contributed by atoms with Crippen molar-refractivity contribution in [1.29, 1.82) is 10.5 Å². The monoisotopic (exact) mass is 393 g/mol. The van der Waals surface area contributed by atoms with Crippen molar-refractivity contribution >= 4 is 29.0 Å². The molecule has 1 aromatic carbocycles. The molecule has 7 N–H and O–H groups in total. The Morgan fingerprint density at radius 1 is 1.38 bits per heavy atom. The lowest BCUT2D eigenvalue weighted by Crippen LogP contribution is -2.32. The van der Waals surface area contributed by atoms with E-state index in [1.54, 1.807) is 13.1 Å². The predicted molar refractivity (Wildman–Crippen MR) is 104 cm³/mol. The van der Waals surface area contributed by atoms with E-state index in [2.05, 4.69) is 20.6 Å². The van der Waals surface area contributed by atoms with Gasteiger partial charge in [0.05, 0.1) is 10.6 Å². The fourth-order valence-electron chi connectivity index (χ4n) is 3.15. The van der Waals surface area contributed by atoms with Crippen LogP contribution in [0.4, 0.5) is 23.0 Å². The van der Waals surface area contributed by atoms with Crippen molar-refractivity contribution in [1.82, 2.24) is 10.3 Å². The lowest BCUT2D eigenvalue weighted by Gasteiger charge is -2.26. The first kappa shape index (κ1) is 19.2. The van der Waals surface area contributed by atoms with Crippen LogP contribution in [0.3, 0.4) is 0 Å². The highest BCUT2D eigenvalue weighted by molar-refractivity contribution is 5.98. The number of aryl methyl sites for hydroxylation is 1. The van der Waals surface area contributed by atoms with Gasteiger partial charge >= 0.3 is 5.69 Å². The van der Waals surface area contributed by atoms with Crippen LogP contribution in [-0.2, 0) is 0 Å². The number of nitriles is 2. The molecule has 0 aliphatic carbocycles. The fourth-order valence-corrected chi connectivity index (χ4v) is 3.15. The number of anilines is 3. The summed E-state index contributed by atoms with van der Waals surface area (Å²) in [7, 11) is 0. The number of nitro benzene ring substituents is 1. The maximum absolute atomic E-state index is 11.5. The highest BCUT2D eigenvalue weighted by Gasteiger charge is 2.34. The minimum atomic E-state index is -1.08. The summed E-state index contributed by atoms with van der Waals surface area (Å²) in [5.41, 5.74) is 12.4. The minimum absolute atomic E-state index is 0.0266. The molecule has 29 heavy (non-hydrogen) atoms. The molecule has 0 fully saturated rings. The number of fused-ring (bicyclic) bond motifs is 1. The Bertz CT molecular complexity index is 1170. The normalized spacial score (nSPS) is 14.6. The average Bonchev–Trinajstić information content (AvgIpc) is 2.64. The van der Waals surface area contributed by atoms with Gasteiger partial charge in [-0.3, -0.25) is 15.4 Å². The second kappa shape index (κ2) is 6.86. The number of nitrogens with zero attached hydrogens (tertiary/aromatic N) is 5. The van der Waals surface area contributed by atoms with E-state index in [0.29, 0.717) is 11.1 Å². The van der Waals surface area contributed by atoms with E-state index in [9.17, 15) is 20.5 Å². The molecular formula is C17H15N9O3. The number of aliphatic imine (C=N–C) groups is 1. The van der Waals surface area contributed by atoms with Crippen molar-refractivity contribution in [3.05, 3.63) is 44.0 Å². The van der Waals surface area contributed by atoms with Gasteiger partial charge in [0.1, 0.15) is 29.3 Å². The number of phenols is 1. The van der Waals surface area contributed by atoms with Crippen molar-refractivity contribution in [2.45, 2.75) is 19.9 Å². The Morgan fingerprint density at radius 2 is 2.07 bits per heavy atom. The largest absolute Gasteiger partial charge is 0.502 e. The number of nitro groups is 1. The van der Waals surface area contributed by atoms with E-state index >= 15 is 0 Å². The number of aromatic nitrogens is 1. The first-order valence-corrected chi connectivity index (χ1v) is 8.17. The number of nitrogen functional groups attached to an aromatic ring is 2. The van der Waals surface area contributed by atoms with E-state index < -0.39 is 22.4 Å². The Hall–Kier alpha value is -4.58. The van der Waals surface area contributed by atoms with E-state index in [1.807, 2.05) is 6.07 Å². The van der Waals surface area contributed by atoms with Crippen molar-refractivity contribution < 1.29 is 10.0 Å². The van der Waals surface area contributed by atoms with Crippen molar-refractivity contribution in [3.8, 4) is 18.0 Å². The van der Waals surface area contributed by atoms with Crippen LogP contribution in [-0.4, -0.2) is 21.0 Å². The number of aromatic hydroxyl groups is 1. The average molecular weight is 393 g/mol. The van der Waals surface area contributed by atoms with Gasteiger partial charge in [-0.05, 0) is 25.5 Å². The maximum atomic E-state index is 11.5. The molecule has 0 bridgehead atoms. The molecule has 0 saturated carbocycles. The Labute approximate surface area is 164 Å². The zero-order chi connectivity index (χ0) is 21.5. The molecule has 0 radical (unpaired) electrons. The summed E-state index contributed by atoms with van der Waals surface area (Å²) in [5.74, 6) is -0.646. The number of pyridine rings is 1. The second-order valence-corrected chi connectivity index (χ2v) is 6.26. The van der Waals surface area contributed by atoms with Gasteiger partial charge in [0.25, 0.3) is 0 Å². The Kier molecular flexibility index (Phi) is 4.54. The van der Waals surface area contributed by atoms with E-state index in [1.165, 1.54) is 13.0 Å². The lowest BCUT2D eigenvalue weighted by molar-refractivity contribution is -0.386. The molecule has 12 heteroatoms. The van der Waals surface area contributed by atoms with Crippen LogP contribution in [0.5, 0.6) is 5.75 Å². The zero-order valence-corrected chi connectivity index (χ0v) is 15.3. The number of phenolic OH excluding ortho intramolecular Hbond substituents is 1. The summed E-state index contributed by atoms with van der Waals surface area (Å²) in [5, 5.41) is 45.5. The molecule has 0 saturated heterocycles. The van der Waals surface area contributed by atoms with Crippen LogP contribution in [0.25, 0.3) is 0 Å². The van der Waals surface area contributed by atoms with Gasteiger partial charge < -0.3 is 21.9 Å². The quantitative estimate of drug-likeness (QED) is 0.213. The summed E-state index contributed by atoms with van der Waals surface area (Å²) in [4.78, 5) is 19.2. The summed E-state index contributed by atoms with van der Waals surface area (Å²) in [6.45, 7) is 3.17. The number of rotatable bonds is 2. The summed E-state index contributed by atoms with van der Waals surface area (Å²) in [6, 6.07) is 2.31. The molecule has 2 heterocycles. The molecule has 1 aliphatic heterocycles. The van der Waals surface area contributed by atoms with Crippen LogP contribution in [0, 0.1) is 46.7 Å². The zero-order valence-electron chi connectivity index (χ0n) is 15.3. The summed E-state index contributed by atoms with van der Waals surface area (Å²) < 4.78 is 0. The third kappa shape index (κ3) is 2.94. The molecule has 1 aromatic heterocycles. The van der Waals surface area contributed by atoms with Crippen molar-refractivity contribution in [2.24, 2.45) is 4.99 Å². The fraction of sp³-hybridized carbons (Fsp3) is 0.176. The van der Waals surface area contributed by atoms with Crippen molar-refractivity contribution in [2.75, 3.05) is 16.8 Å². The first-order valence-electron chi connectivity index (χ1n) is 8.17. The van der Waals surface area contributed by atoms with Crippen LogP contribution >= 0.6 is 0 Å².